The van der Waals surface area contributed by atoms with Gasteiger partial charge in [-0.3, -0.25) is 14.2 Å². The van der Waals surface area contributed by atoms with Crippen molar-refractivity contribution in [3.8, 4) is 5.69 Å². The number of aryl methyl sites for hydroxylation is 2. The summed E-state index contributed by atoms with van der Waals surface area (Å²) in [6.45, 7) is 4.72. The van der Waals surface area contributed by atoms with Gasteiger partial charge in [0.05, 0.1) is 12.2 Å². The van der Waals surface area contributed by atoms with E-state index in [1.807, 2.05) is 24.6 Å². The minimum atomic E-state index is -0.367. The molecule has 0 saturated carbocycles. The summed E-state index contributed by atoms with van der Waals surface area (Å²) < 4.78 is 15.1. The molecule has 0 radical (unpaired) electrons. The maximum atomic E-state index is 13.2. The van der Waals surface area contributed by atoms with Crippen molar-refractivity contribution in [2.45, 2.75) is 25.4 Å². The molecule has 3 aromatic rings. The van der Waals surface area contributed by atoms with Crippen LogP contribution in [0.5, 0.6) is 0 Å². The Balaban J connectivity index is 1.40. The zero-order chi connectivity index (χ0) is 22.2. The topological polar surface area (TPSA) is 76.0 Å². The van der Waals surface area contributed by atoms with Gasteiger partial charge in [-0.05, 0) is 54.8 Å². The fraction of sp³-hybridized carbons (Fsp3) is 0.261. The van der Waals surface area contributed by atoms with Crippen molar-refractivity contribution in [3.63, 3.8) is 0 Å². The molecule has 0 fully saturated rings. The molecule has 0 spiro atoms. The van der Waals surface area contributed by atoms with Gasteiger partial charge >= 0.3 is 0 Å². The molecule has 0 aliphatic rings. The van der Waals surface area contributed by atoms with Gasteiger partial charge in [0, 0.05) is 31.2 Å². The van der Waals surface area contributed by atoms with Gasteiger partial charge in [-0.1, -0.05) is 30.0 Å². The summed E-state index contributed by atoms with van der Waals surface area (Å²) in [6.07, 6.45) is 3.69. The SMILES string of the molecule is Cc1cc(C)cc(-n2ccnc2SCC(=O)NCCNC(=O)Cc2cccc(F)c2)c1. The van der Waals surface area contributed by atoms with Crippen LogP contribution in [0.2, 0.25) is 0 Å². The Bertz CT molecular complexity index is 1050. The van der Waals surface area contributed by atoms with Gasteiger partial charge in [0.2, 0.25) is 11.8 Å². The maximum Gasteiger partial charge on any atom is 0.230 e. The lowest BCUT2D eigenvalue weighted by Crippen LogP contribution is -2.36. The van der Waals surface area contributed by atoms with Gasteiger partial charge in [0.15, 0.2) is 5.16 Å². The van der Waals surface area contributed by atoms with Crippen molar-refractivity contribution in [1.29, 1.82) is 0 Å². The Morgan fingerprint density at radius 1 is 1.03 bits per heavy atom. The molecule has 162 valence electrons. The largest absolute Gasteiger partial charge is 0.354 e. The van der Waals surface area contributed by atoms with E-state index >= 15 is 0 Å². The lowest BCUT2D eigenvalue weighted by Gasteiger charge is -2.10. The number of amides is 2. The van der Waals surface area contributed by atoms with E-state index in [-0.39, 0.29) is 29.8 Å². The van der Waals surface area contributed by atoms with Crippen LogP contribution < -0.4 is 10.6 Å². The van der Waals surface area contributed by atoms with Crippen LogP contribution in [-0.4, -0.2) is 40.2 Å². The Kier molecular flexibility index (Phi) is 7.83. The highest BCUT2D eigenvalue weighted by Crippen LogP contribution is 2.22. The van der Waals surface area contributed by atoms with E-state index in [1.54, 1.807) is 18.3 Å². The molecule has 8 heteroatoms. The summed E-state index contributed by atoms with van der Waals surface area (Å²) in [5.74, 6) is -0.503. The Morgan fingerprint density at radius 2 is 1.74 bits per heavy atom. The molecule has 0 unspecified atom stereocenters. The fourth-order valence-corrected chi connectivity index (χ4v) is 3.97. The molecular weight excluding hydrogens is 415 g/mol. The molecule has 6 nitrogen and oxygen atoms in total. The molecule has 0 aliphatic carbocycles. The van der Waals surface area contributed by atoms with Crippen molar-refractivity contribution in [1.82, 2.24) is 20.2 Å². The molecule has 2 aromatic carbocycles. The van der Waals surface area contributed by atoms with Crippen LogP contribution in [0, 0.1) is 19.7 Å². The average Bonchev–Trinajstić information content (AvgIpc) is 3.18. The van der Waals surface area contributed by atoms with E-state index < -0.39 is 0 Å². The van der Waals surface area contributed by atoms with Crippen molar-refractivity contribution >= 4 is 23.6 Å². The highest BCUT2D eigenvalue weighted by molar-refractivity contribution is 7.99. The van der Waals surface area contributed by atoms with Crippen LogP contribution in [0.25, 0.3) is 5.69 Å². The van der Waals surface area contributed by atoms with E-state index in [1.165, 1.54) is 23.9 Å². The molecule has 1 heterocycles. The second-order valence-corrected chi connectivity index (χ2v) is 8.16. The first kappa shape index (κ1) is 22.6. The van der Waals surface area contributed by atoms with Gasteiger partial charge in [-0.25, -0.2) is 9.37 Å². The first-order valence-corrected chi connectivity index (χ1v) is 10.9. The molecule has 2 N–H and O–H groups in total. The maximum absolute atomic E-state index is 13.2. The predicted octanol–water partition coefficient (Wildman–Crippen LogP) is 3.20. The van der Waals surface area contributed by atoms with E-state index in [9.17, 15) is 14.0 Å². The summed E-state index contributed by atoms with van der Waals surface area (Å²) in [6, 6.07) is 12.2. The third-order valence-electron chi connectivity index (χ3n) is 4.45. The van der Waals surface area contributed by atoms with Gasteiger partial charge in [-0.15, -0.1) is 0 Å². The summed E-state index contributed by atoms with van der Waals surface area (Å²) in [7, 11) is 0. The van der Waals surface area contributed by atoms with Crippen molar-refractivity contribution in [3.05, 3.63) is 77.4 Å². The van der Waals surface area contributed by atoms with Crippen LogP contribution in [0.3, 0.4) is 0 Å². The number of rotatable bonds is 9. The second-order valence-electron chi connectivity index (χ2n) is 7.22. The smallest absolute Gasteiger partial charge is 0.230 e. The van der Waals surface area contributed by atoms with Crippen molar-refractivity contribution in [2.75, 3.05) is 18.8 Å². The van der Waals surface area contributed by atoms with Crippen LogP contribution in [0.1, 0.15) is 16.7 Å². The molecule has 1 aromatic heterocycles. The molecule has 0 aliphatic heterocycles. The number of halogens is 1. The first-order valence-electron chi connectivity index (χ1n) is 9.93. The van der Waals surface area contributed by atoms with Crippen molar-refractivity contribution < 1.29 is 14.0 Å². The number of nitrogens with zero attached hydrogens (tertiary/aromatic N) is 2. The minimum Gasteiger partial charge on any atom is -0.354 e. The van der Waals surface area contributed by atoms with Gasteiger partial charge in [0.1, 0.15) is 5.82 Å². The zero-order valence-corrected chi connectivity index (χ0v) is 18.3. The molecule has 0 saturated heterocycles. The minimum absolute atomic E-state index is 0.0999. The van der Waals surface area contributed by atoms with Crippen LogP contribution in [0.4, 0.5) is 4.39 Å². The quantitative estimate of drug-likeness (QED) is 0.396. The summed E-state index contributed by atoms with van der Waals surface area (Å²) in [5, 5.41) is 6.24. The van der Waals surface area contributed by atoms with Gasteiger partial charge in [-0.2, -0.15) is 0 Å². The molecule has 31 heavy (non-hydrogen) atoms. The van der Waals surface area contributed by atoms with E-state index in [0.717, 1.165) is 22.0 Å². The van der Waals surface area contributed by atoms with Crippen LogP contribution in [-0.2, 0) is 16.0 Å². The lowest BCUT2D eigenvalue weighted by molar-refractivity contribution is -0.121. The number of carbonyl (C=O) groups excluding carboxylic acids is 2. The average molecular weight is 441 g/mol. The number of benzene rings is 2. The van der Waals surface area contributed by atoms with E-state index in [2.05, 4.69) is 33.8 Å². The molecule has 0 bridgehead atoms. The van der Waals surface area contributed by atoms with Crippen LogP contribution >= 0.6 is 11.8 Å². The molecular formula is C23H25FN4O2S. The summed E-state index contributed by atoms with van der Waals surface area (Å²) >= 11 is 1.35. The van der Waals surface area contributed by atoms with Gasteiger partial charge in [0.25, 0.3) is 0 Å². The number of thioether (sulfide) groups is 1. The normalized spacial score (nSPS) is 10.7. The third-order valence-corrected chi connectivity index (χ3v) is 5.41. The monoisotopic (exact) mass is 440 g/mol. The number of imidazole rings is 1. The summed E-state index contributed by atoms with van der Waals surface area (Å²) in [5.41, 5.74) is 3.95. The zero-order valence-electron chi connectivity index (χ0n) is 17.5. The number of carbonyl (C=O) groups is 2. The summed E-state index contributed by atoms with van der Waals surface area (Å²) in [4.78, 5) is 28.4. The molecule has 3 rings (SSSR count). The highest BCUT2D eigenvalue weighted by atomic mass is 32.2. The number of aromatic nitrogens is 2. The van der Waals surface area contributed by atoms with E-state index in [0.29, 0.717) is 18.7 Å². The number of hydrogen-bond donors (Lipinski definition) is 2. The van der Waals surface area contributed by atoms with Crippen molar-refractivity contribution in [2.24, 2.45) is 0 Å². The predicted molar refractivity (Wildman–Crippen MR) is 120 cm³/mol. The molecule has 0 atom stereocenters. The Morgan fingerprint density at radius 3 is 2.45 bits per heavy atom. The van der Waals surface area contributed by atoms with Gasteiger partial charge < -0.3 is 10.6 Å². The van der Waals surface area contributed by atoms with E-state index in [4.69, 9.17) is 0 Å². The third kappa shape index (κ3) is 6.96. The molecule has 2 amide bonds. The second kappa shape index (κ2) is 10.8. The Labute approximate surface area is 185 Å². The first-order chi connectivity index (χ1) is 14.9. The number of hydrogen-bond acceptors (Lipinski definition) is 4. The number of nitrogens with one attached hydrogen (secondary N) is 2. The Hall–Kier alpha value is -3.13. The van der Waals surface area contributed by atoms with Crippen LogP contribution in [0.15, 0.2) is 60.0 Å². The lowest BCUT2D eigenvalue weighted by atomic mass is 10.1. The standard InChI is InChI=1S/C23H25FN4O2S/c1-16-10-17(2)12-20(11-16)28-9-8-27-23(28)31-15-22(30)26-7-6-25-21(29)14-18-4-3-5-19(24)13-18/h3-5,8-13H,6-7,14-15H2,1-2H3,(H,25,29)(H,26,30). The fourth-order valence-electron chi connectivity index (χ4n) is 3.16. The highest BCUT2D eigenvalue weighted by Gasteiger charge is 2.10.